The fourth-order valence-corrected chi connectivity index (χ4v) is 5.01. The molecule has 1 aromatic carbocycles. The molecule has 0 spiro atoms. The first-order valence-electron chi connectivity index (χ1n) is 13.1. The quantitative estimate of drug-likeness (QED) is 0.227. The van der Waals surface area contributed by atoms with E-state index in [2.05, 4.69) is 24.8 Å². The molecule has 222 valence electrons. The van der Waals surface area contributed by atoms with E-state index in [1.165, 1.54) is 23.5 Å². The maximum absolute atomic E-state index is 13.8. The van der Waals surface area contributed by atoms with Crippen LogP contribution in [-0.2, 0) is 16.6 Å². The van der Waals surface area contributed by atoms with Crippen LogP contribution < -0.4 is 9.64 Å². The number of anilines is 1. The van der Waals surface area contributed by atoms with E-state index < -0.39 is 31.4 Å². The zero-order valence-corrected chi connectivity index (χ0v) is 22.8. The first-order valence-corrected chi connectivity index (χ1v) is 13.1. The van der Waals surface area contributed by atoms with Crippen molar-refractivity contribution in [1.82, 2.24) is 24.7 Å². The van der Waals surface area contributed by atoms with Gasteiger partial charge in [-0.15, -0.1) is 0 Å². The molecule has 0 radical (unpaired) electrons. The summed E-state index contributed by atoms with van der Waals surface area (Å²) >= 11 is 0. The Labute approximate surface area is 237 Å². The molecule has 9 nitrogen and oxygen atoms in total. The van der Waals surface area contributed by atoms with Crippen LogP contribution in [0, 0.1) is 12.8 Å². The Morgan fingerprint density at radius 3 is 2.60 bits per heavy atom. The summed E-state index contributed by atoms with van der Waals surface area (Å²) in [6.07, 6.45) is -1.60. The largest absolute Gasteiger partial charge is 0.465 e. The van der Waals surface area contributed by atoms with Crippen molar-refractivity contribution in [3.63, 3.8) is 0 Å². The van der Waals surface area contributed by atoms with Crippen LogP contribution in [0.1, 0.15) is 30.7 Å². The number of rotatable bonds is 10. The molecule has 3 atom stereocenters. The normalized spacial score (nSPS) is 17.5. The highest BCUT2D eigenvalue weighted by molar-refractivity contribution is 6.09. The van der Waals surface area contributed by atoms with E-state index >= 15 is 0 Å². The molecule has 0 aliphatic heterocycles. The third-order valence-electron chi connectivity index (χ3n) is 7.16. The predicted molar refractivity (Wildman–Crippen MR) is 142 cm³/mol. The Balaban J connectivity index is 1.50. The highest BCUT2D eigenvalue weighted by Gasteiger charge is 2.47. The molecule has 1 amide bonds. The van der Waals surface area contributed by atoms with Gasteiger partial charge in [0, 0.05) is 60.5 Å². The molecule has 1 aliphatic carbocycles. The van der Waals surface area contributed by atoms with E-state index in [4.69, 9.17) is 4.74 Å². The number of ether oxygens (including phenoxy) is 2. The maximum atomic E-state index is 13.8. The van der Waals surface area contributed by atoms with Crippen molar-refractivity contribution in [1.29, 1.82) is 0 Å². The van der Waals surface area contributed by atoms with E-state index in [0.717, 1.165) is 12.6 Å². The molecule has 1 fully saturated rings. The van der Waals surface area contributed by atoms with Crippen molar-refractivity contribution in [3.8, 4) is 17.0 Å². The Morgan fingerprint density at radius 1 is 1.17 bits per heavy atom. The van der Waals surface area contributed by atoms with E-state index in [-0.39, 0.29) is 24.2 Å². The van der Waals surface area contributed by atoms with Gasteiger partial charge < -0.3 is 14.4 Å². The highest BCUT2D eigenvalue weighted by Crippen LogP contribution is 2.48. The number of alkyl halides is 5. The van der Waals surface area contributed by atoms with E-state index in [1.807, 2.05) is 0 Å². The Kier molecular flexibility index (Phi) is 8.08. The molecule has 0 unspecified atom stereocenters. The fraction of sp³-hybridized carbons (Fsp3) is 0.393. The van der Waals surface area contributed by atoms with Crippen LogP contribution in [-0.4, -0.2) is 62.7 Å². The number of fused-ring (bicyclic) bond motifs is 1. The second kappa shape index (κ2) is 11.6. The summed E-state index contributed by atoms with van der Waals surface area (Å²) in [5, 5.41) is 5.21. The molecule has 42 heavy (non-hydrogen) atoms. The summed E-state index contributed by atoms with van der Waals surface area (Å²) in [5.41, 5.74) is 3.63. The maximum Gasteiger partial charge on any atom is 0.425 e. The molecule has 14 heteroatoms. The van der Waals surface area contributed by atoms with Crippen LogP contribution in [0.2, 0.25) is 0 Å². The van der Waals surface area contributed by atoms with Crippen molar-refractivity contribution in [3.05, 3.63) is 60.4 Å². The molecule has 1 saturated carbocycles. The summed E-state index contributed by atoms with van der Waals surface area (Å²) in [6, 6.07) is 8.11. The van der Waals surface area contributed by atoms with Crippen molar-refractivity contribution in [2.24, 2.45) is 13.0 Å². The fourth-order valence-electron chi connectivity index (χ4n) is 5.01. The predicted octanol–water partition coefficient (Wildman–Crippen LogP) is 5.44. The third kappa shape index (κ3) is 6.03. The lowest BCUT2D eigenvalue weighted by Gasteiger charge is -2.25. The van der Waals surface area contributed by atoms with Crippen LogP contribution in [0.4, 0.5) is 27.6 Å². The van der Waals surface area contributed by atoms with Gasteiger partial charge in [-0.1, -0.05) is 6.07 Å². The summed E-state index contributed by atoms with van der Waals surface area (Å²) in [6.45, 7) is -0.829. The highest BCUT2D eigenvalue weighted by atomic mass is 19.4. The smallest absolute Gasteiger partial charge is 0.425 e. The van der Waals surface area contributed by atoms with Crippen molar-refractivity contribution >= 4 is 22.5 Å². The van der Waals surface area contributed by atoms with Crippen molar-refractivity contribution < 1.29 is 36.2 Å². The lowest BCUT2D eigenvalue weighted by Crippen LogP contribution is -2.36. The summed E-state index contributed by atoms with van der Waals surface area (Å²) in [4.78, 5) is 27.4. The topological polar surface area (TPSA) is 95.3 Å². The van der Waals surface area contributed by atoms with Gasteiger partial charge in [-0.05, 0) is 44.0 Å². The van der Waals surface area contributed by atoms with Gasteiger partial charge in [-0.3, -0.25) is 9.48 Å². The summed E-state index contributed by atoms with van der Waals surface area (Å²) < 4.78 is 75.4. The number of hydrogen-bond acceptors (Lipinski definition) is 7. The van der Waals surface area contributed by atoms with Crippen LogP contribution >= 0.6 is 0 Å². The SMILES string of the molecule is Cc1nn(C)c2c(N(CCOC(F)F)C(=O)[C@@H]3C[C@H]3c3ccncn3)ccc(-c3ccc(O[C@@H](C)C(F)(F)F)nc3)c12. The van der Waals surface area contributed by atoms with Crippen molar-refractivity contribution in [2.75, 3.05) is 18.1 Å². The minimum absolute atomic E-state index is 0.117. The monoisotopic (exact) mass is 590 g/mol. The number of amides is 1. The second-order valence-corrected chi connectivity index (χ2v) is 9.96. The van der Waals surface area contributed by atoms with E-state index in [0.29, 0.717) is 39.8 Å². The Morgan fingerprint density at radius 2 is 1.95 bits per heavy atom. The standard InChI is InChI=1S/C28H27F5N6O3/c1-15-24-18(17-4-7-23(35-13-17)42-16(2)28(31,32)33)5-6-22(25(24)38(3)37-15)39(10-11-41-27(29)30)26(40)20-12-19(20)21-8-9-34-14-36-21/h4-9,13-14,16,19-20,27H,10-12H2,1-3H3/t16-,19+,20+/m0/s1. The number of nitrogens with zero attached hydrogens (tertiary/aromatic N) is 6. The van der Waals surface area contributed by atoms with Crippen molar-refractivity contribution in [2.45, 2.75) is 45.1 Å². The summed E-state index contributed by atoms with van der Waals surface area (Å²) in [5.74, 6) is -0.954. The van der Waals surface area contributed by atoms with Gasteiger partial charge >= 0.3 is 12.8 Å². The zero-order chi connectivity index (χ0) is 30.2. The van der Waals surface area contributed by atoms with Gasteiger partial charge in [0.1, 0.15) is 6.33 Å². The van der Waals surface area contributed by atoms with Crippen LogP contribution in [0.5, 0.6) is 5.88 Å². The van der Waals surface area contributed by atoms with E-state index in [9.17, 15) is 26.7 Å². The molecule has 0 saturated heterocycles. The molecule has 0 bridgehead atoms. The Bertz CT molecular complexity index is 1560. The van der Waals surface area contributed by atoms with Gasteiger partial charge in [0.25, 0.3) is 0 Å². The van der Waals surface area contributed by atoms with Gasteiger partial charge in [0.05, 0.1) is 23.5 Å². The number of benzene rings is 1. The molecular weight excluding hydrogens is 563 g/mol. The Hall–Kier alpha value is -4.20. The van der Waals surface area contributed by atoms with Gasteiger partial charge in [0.15, 0.2) is 6.10 Å². The first kappa shape index (κ1) is 29.3. The molecule has 5 rings (SSSR count). The minimum Gasteiger partial charge on any atom is -0.465 e. The number of hydrogen-bond donors (Lipinski definition) is 0. The zero-order valence-electron chi connectivity index (χ0n) is 22.8. The average Bonchev–Trinajstić information content (AvgIpc) is 3.70. The van der Waals surface area contributed by atoms with Gasteiger partial charge in [0.2, 0.25) is 11.8 Å². The lowest BCUT2D eigenvalue weighted by atomic mass is 10.00. The van der Waals surface area contributed by atoms with Gasteiger partial charge in [-0.2, -0.15) is 27.1 Å². The number of halogens is 5. The molecule has 1 aliphatic rings. The third-order valence-corrected chi connectivity index (χ3v) is 7.16. The molecule has 4 aromatic rings. The first-order chi connectivity index (χ1) is 20.0. The number of aromatic nitrogens is 5. The molecular formula is C28H27F5N6O3. The second-order valence-electron chi connectivity index (χ2n) is 9.96. The average molecular weight is 591 g/mol. The molecule has 0 N–H and O–H groups in total. The van der Waals surface area contributed by atoms with E-state index in [1.54, 1.807) is 49.1 Å². The van der Waals surface area contributed by atoms with Crippen LogP contribution in [0.15, 0.2) is 49.1 Å². The van der Waals surface area contributed by atoms with Gasteiger partial charge in [-0.25, -0.2) is 15.0 Å². The van der Waals surface area contributed by atoms with Crippen LogP contribution in [0.3, 0.4) is 0 Å². The number of aryl methyl sites for hydroxylation is 2. The number of carbonyl (C=O) groups excluding carboxylic acids is 1. The number of carbonyl (C=O) groups is 1. The number of pyridine rings is 1. The molecule has 3 aromatic heterocycles. The molecule has 3 heterocycles. The minimum atomic E-state index is -4.53. The van der Waals surface area contributed by atoms with Crippen LogP contribution in [0.25, 0.3) is 22.0 Å². The summed E-state index contributed by atoms with van der Waals surface area (Å²) in [7, 11) is 1.70. The lowest BCUT2D eigenvalue weighted by molar-refractivity contribution is -0.189.